The molecule has 42 valence electrons. The molecule has 0 rings (SSSR count). The van der Waals surface area contributed by atoms with Gasteiger partial charge in [0, 0.05) is 0 Å². The van der Waals surface area contributed by atoms with Crippen LogP contribution < -0.4 is 6.15 Å². The molecule has 3 N–H and O–H groups in total. The Labute approximate surface area is 56.4 Å². The molecule has 0 atom stereocenters. The second kappa shape index (κ2) is 17.6. The fourth-order valence-corrected chi connectivity index (χ4v) is 0. The maximum Gasteiger partial charge on any atom is 2.00 e. The largest absolute Gasteiger partial charge is 2.00 e. The molecular weight excluding hydrogens is 212 g/mol. The SMILES string of the molecule is N.[Cl][Cu][Cl].[Cu+2]. The minimum absolute atomic E-state index is 0. The summed E-state index contributed by atoms with van der Waals surface area (Å²) in [7, 11) is 9.34. The first-order valence-corrected chi connectivity index (χ1v) is 2.82. The molecule has 0 amide bonds. The maximum atomic E-state index is 4.67. The average Bonchev–Trinajstić information content (AvgIpc) is 0.918. The fraction of sp³-hybridized carbons (Fsp3) is 0. The van der Waals surface area contributed by atoms with Gasteiger partial charge in [-0.1, -0.05) is 0 Å². The van der Waals surface area contributed by atoms with Crippen molar-refractivity contribution in [2.45, 2.75) is 0 Å². The van der Waals surface area contributed by atoms with Gasteiger partial charge in [0.2, 0.25) is 0 Å². The normalized spacial score (nSPS) is 4.40. The van der Waals surface area contributed by atoms with Gasteiger partial charge in [0.05, 0.1) is 0 Å². The van der Waals surface area contributed by atoms with E-state index >= 15 is 0 Å². The Morgan fingerprint density at radius 1 is 1.20 bits per heavy atom. The van der Waals surface area contributed by atoms with Crippen molar-refractivity contribution in [1.82, 2.24) is 6.15 Å². The van der Waals surface area contributed by atoms with Crippen LogP contribution in [-0.4, -0.2) is 0 Å². The third kappa shape index (κ3) is 28.7. The van der Waals surface area contributed by atoms with Crippen LogP contribution in [0.2, 0.25) is 0 Å². The van der Waals surface area contributed by atoms with E-state index in [9.17, 15) is 0 Å². The van der Waals surface area contributed by atoms with Crippen molar-refractivity contribution in [2.24, 2.45) is 0 Å². The van der Waals surface area contributed by atoms with E-state index in [0.717, 1.165) is 13.1 Å². The summed E-state index contributed by atoms with van der Waals surface area (Å²) in [5, 5.41) is 0. The minimum Gasteiger partial charge on any atom is 2.00 e. The van der Waals surface area contributed by atoms with Crippen LogP contribution >= 0.6 is 20.2 Å². The Balaban J connectivity index is -0.0000000200. The van der Waals surface area contributed by atoms with Gasteiger partial charge in [-0.05, 0) is 0 Å². The Hall–Kier alpha value is 1.58. The van der Waals surface area contributed by atoms with Crippen LogP contribution in [0.15, 0.2) is 0 Å². The molecule has 0 aliphatic rings. The van der Waals surface area contributed by atoms with Crippen LogP contribution in [0, 0.1) is 0 Å². The third-order valence-corrected chi connectivity index (χ3v) is 0. The standard InChI is InChI=1S/2ClH.2Cu.H3N/h2*1H;;;1H3/q;;2*+2;/p-2. The molecular formula is H3Cl2Cu2N+2. The van der Waals surface area contributed by atoms with E-state index in [0.29, 0.717) is 0 Å². The molecule has 0 aromatic heterocycles. The third-order valence-electron chi connectivity index (χ3n) is 0. The molecule has 0 aromatic rings. The van der Waals surface area contributed by atoms with Crippen molar-refractivity contribution in [3.63, 3.8) is 0 Å². The summed E-state index contributed by atoms with van der Waals surface area (Å²) in [5.74, 6) is 0. The molecule has 0 heterocycles. The molecule has 0 aromatic carbocycles. The number of halogens is 2. The van der Waals surface area contributed by atoms with Crippen molar-refractivity contribution in [3.8, 4) is 0 Å². The molecule has 0 aliphatic heterocycles. The first-order chi connectivity index (χ1) is 1.41. The van der Waals surface area contributed by atoms with E-state index in [4.69, 9.17) is 0 Å². The van der Waals surface area contributed by atoms with Gasteiger partial charge in [0.1, 0.15) is 0 Å². The molecule has 0 fully saturated rings. The van der Waals surface area contributed by atoms with Crippen molar-refractivity contribution in [2.75, 3.05) is 0 Å². The minimum atomic E-state index is 0. The van der Waals surface area contributed by atoms with Gasteiger partial charge in [0.25, 0.3) is 0 Å². The predicted octanol–water partition coefficient (Wildman–Crippen LogP) is 1.54. The number of hydrogen-bond acceptors (Lipinski definition) is 1. The zero-order chi connectivity index (χ0) is 2.71. The predicted molar refractivity (Wildman–Crippen MR) is 16.7 cm³/mol. The van der Waals surface area contributed by atoms with Crippen molar-refractivity contribution < 1.29 is 30.2 Å². The first-order valence-electron chi connectivity index (χ1n) is 0.228. The van der Waals surface area contributed by atoms with Crippen LogP contribution in [-0.2, 0) is 30.2 Å². The van der Waals surface area contributed by atoms with Gasteiger partial charge in [-0.2, -0.15) is 0 Å². The smallest absolute Gasteiger partial charge is 2.00 e. The topological polar surface area (TPSA) is 35.0 Å². The van der Waals surface area contributed by atoms with E-state index in [1.165, 1.54) is 0 Å². The summed E-state index contributed by atoms with van der Waals surface area (Å²) in [6, 6.07) is 0. The average molecular weight is 215 g/mol. The quantitative estimate of drug-likeness (QED) is 0.611. The Bertz CT molecular complexity index is 7.61. The van der Waals surface area contributed by atoms with Gasteiger partial charge >= 0.3 is 50.4 Å². The molecule has 0 saturated heterocycles. The monoisotopic (exact) mass is 213 g/mol. The van der Waals surface area contributed by atoms with Crippen LogP contribution in [0.3, 0.4) is 0 Å². The van der Waals surface area contributed by atoms with E-state index in [1.54, 1.807) is 0 Å². The Morgan fingerprint density at radius 2 is 1.20 bits per heavy atom. The second-order valence-corrected chi connectivity index (χ2v) is 1.60. The van der Waals surface area contributed by atoms with Gasteiger partial charge < -0.3 is 6.15 Å². The summed E-state index contributed by atoms with van der Waals surface area (Å²) < 4.78 is 0. The molecule has 1 radical (unpaired) electrons. The first kappa shape index (κ1) is 16.0. The Morgan fingerprint density at radius 3 is 1.20 bits per heavy atom. The van der Waals surface area contributed by atoms with Crippen LogP contribution in [0.25, 0.3) is 0 Å². The maximum absolute atomic E-state index is 4.67. The summed E-state index contributed by atoms with van der Waals surface area (Å²) in [6.45, 7) is 0. The van der Waals surface area contributed by atoms with Crippen molar-refractivity contribution in [1.29, 1.82) is 0 Å². The van der Waals surface area contributed by atoms with Gasteiger partial charge in [0.15, 0.2) is 0 Å². The van der Waals surface area contributed by atoms with Crippen molar-refractivity contribution in [3.05, 3.63) is 0 Å². The van der Waals surface area contributed by atoms with Crippen molar-refractivity contribution >= 4 is 20.2 Å². The fourth-order valence-electron chi connectivity index (χ4n) is 0. The second-order valence-electron chi connectivity index (χ2n) is 0.0431. The van der Waals surface area contributed by atoms with Crippen LogP contribution in [0.5, 0.6) is 0 Å². The van der Waals surface area contributed by atoms with Gasteiger partial charge in [-0.15, -0.1) is 0 Å². The zero-order valence-electron chi connectivity index (χ0n) is 2.07. The van der Waals surface area contributed by atoms with Crippen LogP contribution in [0.1, 0.15) is 0 Å². The Kier molecular flexibility index (Phi) is 56.2. The molecule has 5 heavy (non-hydrogen) atoms. The molecule has 1 nitrogen and oxygen atoms in total. The van der Waals surface area contributed by atoms with E-state index < -0.39 is 0 Å². The molecule has 5 heteroatoms. The number of rotatable bonds is 0. The van der Waals surface area contributed by atoms with Gasteiger partial charge in [-0.25, -0.2) is 0 Å². The zero-order valence-corrected chi connectivity index (χ0v) is 5.46. The molecule has 0 unspecified atom stereocenters. The van der Waals surface area contributed by atoms with E-state index in [1.807, 2.05) is 0 Å². The number of hydrogen-bond donors (Lipinski definition) is 1. The summed E-state index contributed by atoms with van der Waals surface area (Å²) in [6.07, 6.45) is 0. The molecule has 0 aliphatic carbocycles. The summed E-state index contributed by atoms with van der Waals surface area (Å²) in [4.78, 5) is 0. The summed E-state index contributed by atoms with van der Waals surface area (Å²) >= 11 is 0.757. The molecule has 0 bridgehead atoms. The van der Waals surface area contributed by atoms with E-state index in [-0.39, 0.29) is 23.2 Å². The van der Waals surface area contributed by atoms with Crippen LogP contribution in [0.4, 0.5) is 0 Å². The van der Waals surface area contributed by atoms with E-state index in [2.05, 4.69) is 20.2 Å². The van der Waals surface area contributed by atoms with Gasteiger partial charge in [-0.3, -0.25) is 0 Å². The molecule has 0 saturated carbocycles. The molecule has 0 spiro atoms. The summed E-state index contributed by atoms with van der Waals surface area (Å²) in [5.41, 5.74) is 0.